The second kappa shape index (κ2) is 8.08. The summed E-state index contributed by atoms with van der Waals surface area (Å²) in [6.45, 7) is 0.455. The third-order valence-corrected chi connectivity index (χ3v) is 4.78. The number of hydrogen-bond acceptors (Lipinski definition) is 6. The normalized spacial score (nSPS) is 11.4. The first kappa shape index (κ1) is 19.2. The topological polar surface area (TPSA) is 117 Å². The average Bonchev–Trinajstić information content (AvgIpc) is 3.12. The fraction of sp³-hybridized carbons (Fsp3) is 0.143. The Bertz CT molecular complexity index is 1330. The van der Waals surface area contributed by atoms with E-state index < -0.39 is 11.2 Å². The standard InChI is InChI=1S/C21H20N6O3/c1-26-18-17(19(29)24-21(26)30)27(12-11-14-7-3-2-4-8-14)20(23-18)25-22-13-15-9-5-6-10-16(15)28/h2-10,13,28H,11-12H2,1H3,(H,23,25)(H,24,29,30)/b22-13+. The minimum Gasteiger partial charge on any atom is -0.507 e. The number of phenols is 1. The molecular formula is C21H20N6O3. The van der Waals surface area contributed by atoms with Crippen LogP contribution in [-0.4, -0.2) is 30.4 Å². The first-order chi connectivity index (χ1) is 14.5. The van der Waals surface area contributed by atoms with Gasteiger partial charge in [0, 0.05) is 19.2 Å². The summed E-state index contributed by atoms with van der Waals surface area (Å²) in [5.74, 6) is 0.416. The van der Waals surface area contributed by atoms with Crippen LogP contribution >= 0.6 is 0 Å². The van der Waals surface area contributed by atoms with E-state index in [1.165, 1.54) is 10.8 Å². The maximum Gasteiger partial charge on any atom is 0.329 e. The highest BCUT2D eigenvalue weighted by Crippen LogP contribution is 2.17. The maximum absolute atomic E-state index is 12.5. The highest BCUT2D eigenvalue weighted by Gasteiger charge is 2.17. The van der Waals surface area contributed by atoms with Gasteiger partial charge in [0.05, 0.1) is 6.21 Å². The fourth-order valence-electron chi connectivity index (χ4n) is 3.18. The van der Waals surface area contributed by atoms with Gasteiger partial charge in [-0.15, -0.1) is 0 Å². The monoisotopic (exact) mass is 404 g/mol. The molecule has 0 unspecified atom stereocenters. The quantitative estimate of drug-likeness (QED) is 0.335. The molecule has 4 aromatic rings. The molecule has 152 valence electrons. The van der Waals surface area contributed by atoms with Gasteiger partial charge in [-0.1, -0.05) is 42.5 Å². The summed E-state index contributed by atoms with van der Waals surface area (Å²) < 4.78 is 2.98. The molecule has 0 saturated heterocycles. The second-order valence-electron chi connectivity index (χ2n) is 6.74. The van der Waals surface area contributed by atoms with Crippen molar-refractivity contribution in [2.45, 2.75) is 13.0 Å². The largest absolute Gasteiger partial charge is 0.507 e. The lowest BCUT2D eigenvalue weighted by Gasteiger charge is -2.08. The van der Waals surface area contributed by atoms with Crippen LogP contribution < -0.4 is 16.7 Å². The van der Waals surface area contributed by atoms with Gasteiger partial charge in [0.25, 0.3) is 5.56 Å². The van der Waals surface area contributed by atoms with Crippen molar-refractivity contribution in [3.8, 4) is 5.75 Å². The summed E-state index contributed by atoms with van der Waals surface area (Å²) in [7, 11) is 1.55. The van der Waals surface area contributed by atoms with E-state index in [2.05, 4.69) is 20.5 Å². The van der Waals surface area contributed by atoms with Crippen LogP contribution in [0.1, 0.15) is 11.1 Å². The van der Waals surface area contributed by atoms with Crippen molar-refractivity contribution in [3.05, 3.63) is 86.6 Å². The van der Waals surface area contributed by atoms with E-state index in [0.717, 1.165) is 5.56 Å². The van der Waals surface area contributed by atoms with Crippen molar-refractivity contribution in [3.63, 3.8) is 0 Å². The fourth-order valence-corrected chi connectivity index (χ4v) is 3.18. The van der Waals surface area contributed by atoms with Crippen molar-refractivity contribution < 1.29 is 5.11 Å². The Morgan fingerprint density at radius 3 is 2.63 bits per heavy atom. The molecule has 0 aliphatic rings. The highest BCUT2D eigenvalue weighted by molar-refractivity contribution is 5.83. The molecule has 2 aromatic heterocycles. The van der Waals surface area contributed by atoms with Crippen LogP contribution in [0, 0.1) is 0 Å². The van der Waals surface area contributed by atoms with Gasteiger partial charge in [-0.05, 0) is 24.1 Å². The Morgan fingerprint density at radius 1 is 1.13 bits per heavy atom. The van der Waals surface area contributed by atoms with Gasteiger partial charge >= 0.3 is 5.69 Å². The second-order valence-corrected chi connectivity index (χ2v) is 6.74. The number of benzene rings is 2. The number of nitrogens with one attached hydrogen (secondary N) is 2. The van der Waals surface area contributed by atoms with Crippen LogP contribution in [0.25, 0.3) is 11.2 Å². The van der Waals surface area contributed by atoms with E-state index in [1.54, 1.807) is 35.9 Å². The number of hydrazone groups is 1. The number of aromatic amines is 1. The number of rotatable bonds is 6. The lowest BCUT2D eigenvalue weighted by Crippen LogP contribution is -2.29. The molecule has 0 fully saturated rings. The van der Waals surface area contributed by atoms with Gasteiger partial charge in [-0.25, -0.2) is 10.2 Å². The number of fused-ring (bicyclic) bond motifs is 1. The predicted octanol–water partition coefficient (Wildman–Crippen LogP) is 1.82. The lowest BCUT2D eigenvalue weighted by atomic mass is 10.1. The zero-order valence-corrected chi connectivity index (χ0v) is 16.2. The minimum atomic E-state index is -0.538. The number of imidazole rings is 1. The lowest BCUT2D eigenvalue weighted by molar-refractivity contribution is 0.474. The molecule has 0 radical (unpaired) electrons. The van der Waals surface area contributed by atoms with Crippen LogP contribution in [0.2, 0.25) is 0 Å². The number of para-hydroxylation sites is 1. The molecule has 4 rings (SSSR count). The van der Waals surface area contributed by atoms with E-state index >= 15 is 0 Å². The van der Waals surface area contributed by atoms with Crippen molar-refractivity contribution in [1.29, 1.82) is 0 Å². The summed E-state index contributed by atoms with van der Waals surface area (Å²) in [6.07, 6.45) is 2.12. The Kier molecular flexibility index (Phi) is 5.17. The first-order valence-corrected chi connectivity index (χ1v) is 9.35. The Labute approximate surface area is 171 Å². The molecule has 2 heterocycles. The summed E-state index contributed by atoms with van der Waals surface area (Å²) in [4.78, 5) is 31.2. The van der Waals surface area contributed by atoms with Crippen molar-refractivity contribution >= 4 is 23.3 Å². The van der Waals surface area contributed by atoms with Crippen molar-refractivity contribution in [2.75, 3.05) is 5.43 Å². The molecule has 3 N–H and O–H groups in total. The van der Waals surface area contributed by atoms with Crippen LogP contribution in [0.5, 0.6) is 5.75 Å². The van der Waals surface area contributed by atoms with E-state index in [-0.39, 0.29) is 16.9 Å². The number of phenolic OH excluding ortho intramolecular Hbond substituents is 1. The molecule has 2 aromatic carbocycles. The molecule has 0 aliphatic carbocycles. The smallest absolute Gasteiger partial charge is 0.329 e. The van der Waals surface area contributed by atoms with Crippen LogP contribution in [0.4, 0.5) is 5.95 Å². The third-order valence-electron chi connectivity index (χ3n) is 4.78. The summed E-state index contributed by atoms with van der Waals surface area (Å²) in [5.41, 5.74) is 3.96. The number of nitrogens with zero attached hydrogens (tertiary/aromatic N) is 4. The van der Waals surface area contributed by atoms with E-state index in [9.17, 15) is 14.7 Å². The van der Waals surface area contributed by atoms with Gasteiger partial charge in [0.1, 0.15) is 5.75 Å². The Balaban J connectivity index is 1.72. The molecule has 9 nitrogen and oxygen atoms in total. The number of aryl methyl sites for hydroxylation is 3. The first-order valence-electron chi connectivity index (χ1n) is 9.35. The number of hydrogen-bond donors (Lipinski definition) is 3. The van der Waals surface area contributed by atoms with Crippen molar-refractivity contribution in [2.24, 2.45) is 12.1 Å². The predicted molar refractivity (Wildman–Crippen MR) is 115 cm³/mol. The van der Waals surface area contributed by atoms with E-state index in [1.807, 2.05) is 30.3 Å². The summed E-state index contributed by atoms with van der Waals surface area (Å²) >= 11 is 0. The SMILES string of the molecule is Cn1c(=O)[nH]c(=O)c2c1nc(N/N=C/c1ccccc1O)n2CCc1ccccc1. The summed E-state index contributed by atoms with van der Waals surface area (Å²) in [6, 6.07) is 16.6. The number of anilines is 1. The highest BCUT2D eigenvalue weighted by atomic mass is 16.3. The zero-order valence-electron chi connectivity index (χ0n) is 16.2. The van der Waals surface area contributed by atoms with E-state index in [4.69, 9.17) is 0 Å². The van der Waals surface area contributed by atoms with Crippen molar-refractivity contribution in [1.82, 2.24) is 19.1 Å². The molecular weight excluding hydrogens is 384 g/mol. The Hall–Kier alpha value is -4.14. The molecule has 0 aliphatic heterocycles. The van der Waals surface area contributed by atoms with Gasteiger partial charge in [0.15, 0.2) is 11.2 Å². The molecule has 9 heteroatoms. The maximum atomic E-state index is 12.5. The van der Waals surface area contributed by atoms with E-state index in [0.29, 0.717) is 24.5 Å². The van der Waals surface area contributed by atoms with Gasteiger partial charge in [-0.3, -0.25) is 14.3 Å². The molecule has 0 atom stereocenters. The summed E-state index contributed by atoms with van der Waals surface area (Å²) in [5, 5.41) is 14.0. The average molecular weight is 404 g/mol. The number of aromatic hydroxyl groups is 1. The number of aromatic nitrogens is 4. The molecule has 30 heavy (non-hydrogen) atoms. The third kappa shape index (κ3) is 3.72. The number of H-pyrrole nitrogens is 1. The zero-order chi connectivity index (χ0) is 21.1. The van der Waals surface area contributed by atoms with Crippen LogP contribution in [0.3, 0.4) is 0 Å². The molecule has 0 amide bonds. The minimum absolute atomic E-state index is 0.0967. The van der Waals surface area contributed by atoms with Gasteiger partial charge < -0.3 is 9.67 Å². The van der Waals surface area contributed by atoms with Gasteiger partial charge in [0.2, 0.25) is 5.95 Å². The Morgan fingerprint density at radius 2 is 1.87 bits per heavy atom. The van der Waals surface area contributed by atoms with Crippen LogP contribution in [-0.2, 0) is 20.0 Å². The van der Waals surface area contributed by atoms with Gasteiger partial charge in [-0.2, -0.15) is 10.1 Å². The molecule has 0 spiro atoms. The molecule has 0 bridgehead atoms. The molecule has 0 saturated carbocycles. The van der Waals surface area contributed by atoms with Crippen LogP contribution in [0.15, 0.2) is 69.3 Å².